The van der Waals surface area contributed by atoms with Crippen molar-refractivity contribution in [3.05, 3.63) is 28.0 Å². The average molecular weight is 237 g/mol. The third kappa shape index (κ3) is 2.19. The number of nitrogen functional groups attached to an aromatic ring is 1. The maximum atomic E-state index is 11.7. The van der Waals surface area contributed by atoms with Crippen LogP contribution >= 0.6 is 11.3 Å². The van der Waals surface area contributed by atoms with E-state index in [0.29, 0.717) is 22.9 Å². The van der Waals surface area contributed by atoms with Crippen molar-refractivity contribution >= 4 is 22.9 Å². The topological polar surface area (TPSA) is 96.7 Å². The molecule has 0 aliphatic heterocycles. The summed E-state index contributed by atoms with van der Waals surface area (Å²) in [7, 11) is 0. The van der Waals surface area contributed by atoms with Crippen LogP contribution in [-0.2, 0) is 6.54 Å². The summed E-state index contributed by atoms with van der Waals surface area (Å²) in [6, 6.07) is 1.68. The number of nitrogens with zero attached hydrogens (tertiary/aromatic N) is 2. The molecule has 0 aromatic carbocycles. The number of hydrogen-bond acceptors (Lipinski definition) is 5. The van der Waals surface area contributed by atoms with E-state index in [9.17, 15) is 4.79 Å². The highest BCUT2D eigenvalue weighted by Crippen LogP contribution is 2.23. The number of carbonyl (C=O) groups is 1. The molecule has 0 aliphatic rings. The maximum Gasteiger partial charge on any atom is 0.261 e. The number of anilines is 1. The van der Waals surface area contributed by atoms with Crippen LogP contribution in [0.5, 0.6) is 0 Å². The van der Waals surface area contributed by atoms with Crippen LogP contribution in [0.1, 0.15) is 20.4 Å². The largest absolute Gasteiger partial charge is 0.398 e. The lowest BCUT2D eigenvalue weighted by molar-refractivity contribution is 0.0954. The zero-order valence-electron chi connectivity index (χ0n) is 8.65. The maximum absolute atomic E-state index is 11.7. The fourth-order valence-corrected chi connectivity index (χ4v) is 2.03. The first kappa shape index (κ1) is 10.6. The molecule has 6 nitrogen and oxygen atoms in total. The van der Waals surface area contributed by atoms with Crippen LogP contribution in [0.2, 0.25) is 0 Å². The second-order valence-corrected chi connectivity index (χ2v) is 4.49. The Bertz CT molecular complexity index is 470. The van der Waals surface area contributed by atoms with Gasteiger partial charge in [-0.15, -0.1) is 11.3 Å². The normalized spacial score (nSPS) is 10.3. The van der Waals surface area contributed by atoms with E-state index >= 15 is 0 Å². The number of nitrogens with two attached hydrogens (primary N) is 1. The molecule has 0 saturated heterocycles. The second-order valence-electron chi connectivity index (χ2n) is 3.24. The quantitative estimate of drug-likeness (QED) is 0.731. The smallest absolute Gasteiger partial charge is 0.261 e. The Kier molecular flexibility index (Phi) is 2.86. The molecule has 0 bridgehead atoms. The lowest BCUT2D eigenvalue weighted by atomic mass is 10.3. The Morgan fingerprint density at radius 3 is 3.06 bits per heavy atom. The zero-order chi connectivity index (χ0) is 11.5. The van der Waals surface area contributed by atoms with Gasteiger partial charge in [-0.05, 0) is 13.0 Å². The molecule has 16 heavy (non-hydrogen) atoms. The molecule has 0 saturated carbocycles. The molecule has 84 valence electrons. The highest BCUT2D eigenvalue weighted by molar-refractivity contribution is 7.14. The first-order chi connectivity index (χ1) is 7.66. The van der Waals surface area contributed by atoms with Gasteiger partial charge in [0.25, 0.3) is 5.91 Å². The Hall–Kier alpha value is -1.89. The van der Waals surface area contributed by atoms with Gasteiger partial charge in [-0.3, -0.25) is 9.89 Å². The first-order valence-corrected chi connectivity index (χ1v) is 5.47. The summed E-state index contributed by atoms with van der Waals surface area (Å²) in [5.41, 5.74) is 6.32. The lowest BCUT2D eigenvalue weighted by Gasteiger charge is -1.99. The van der Waals surface area contributed by atoms with E-state index in [2.05, 4.69) is 20.5 Å². The van der Waals surface area contributed by atoms with Crippen LogP contribution in [0.15, 0.2) is 12.4 Å². The van der Waals surface area contributed by atoms with E-state index in [4.69, 9.17) is 5.73 Å². The number of hydrogen-bond donors (Lipinski definition) is 3. The molecule has 2 aromatic rings. The highest BCUT2D eigenvalue weighted by atomic mass is 32.1. The summed E-state index contributed by atoms with van der Waals surface area (Å²) in [5, 5.41) is 9.07. The lowest BCUT2D eigenvalue weighted by Crippen LogP contribution is -2.22. The van der Waals surface area contributed by atoms with Crippen LogP contribution in [0.3, 0.4) is 0 Å². The van der Waals surface area contributed by atoms with E-state index in [1.165, 1.54) is 17.7 Å². The Morgan fingerprint density at radius 1 is 1.69 bits per heavy atom. The summed E-state index contributed by atoms with van der Waals surface area (Å²) in [5.74, 6) is 0.468. The standard InChI is InChI=1S/C9H11N5OS/c1-5-6(10)2-7(16-5)9(15)11-3-8-12-4-13-14-8/h2,4H,3,10H2,1H3,(H,11,15)(H,12,13,14). The van der Waals surface area contributed by atoms with Crippen LogP contribution in [0.25, 0.3) is 0 Å². The minimum Gasteiger partial charge on any atom is -0.398 e. The third-order valence-electron chi connectivity index (χ3n) is 2.06. The van der Waals surface area contributed by atoms with E-state index in [1.54, 1.807) is 6.07 Å². The van der Waals surface area contributed by atoms with Crippen LogP contribution in [-0.4, -0.2) is 21.1 Å². The van der Waals surface area contributed by atoms with E-state index in [0.717, 1.165) is 4.88 Å². The molecule has 0 unspecified atom stereocenters. The van der Waals surface area contributed by atoms with Gasteiger partial charge in [0.15, 0.2) is 0 Å². The first-order valence-electron chi connectivity index (χ1n) is 4.65. The van der Waals surface area contributed by atoms with Crippen molar-refractivity contribution in [2.75, 3.05) is 5.73 Å². The number of aromatic amines is 1. The number of H-pyrrole nitrogens is 1. The van der Waals surface area contributed by atoms with Crippen molar-refractivity contribution < 1.29 is 4.79 Å². The molecule has 1 amide bonds. The van der Waals surface area contributed by atoms with Gasteiger partial charge in [-0.1, -0.05) is 0 Å². The predicted octanol–water partition coefficient (Wildman–Crippen LogP) is 0.687. The fraction of sp³-hybridized carbons (Fsp3) is 0.222. The summed E-state index contributed by atoms with van der Waals surface area (Å²) in [4.78, 5) is 17.1. The van der Waals surface area contributed by atoms with Gasteiger partial charge in [0, 0.05) is 10.6 Å². The molecule has 0 aliphatic carbocycles. The van der Waals surface area contributed by atoms with Crippen molar-refractivity contribution in [1.29, 1.82) is 0 Å². The molecule has 2 aromatic heterocycles. The van der Waals surface area contributed by atoms with Crippen molar-refractivity contribution in [1.82, 2.24) is 20.5 Å². The van der Waals surface area contributed by atoms with Crippen molar-refractivity contribution in [3.8, 4) is 0 Å². The Morgan fingerprint density at radius 2 is 2.50 bits per heavy atom. The summed E-state index contributed by atoms with van der Waals surface area (Å²) >= 11 is 1.38. The Labute approximate surface area is 95.9 Å². The predicted molar refractivity (Wildman–Crippen MR) is 61.0 cm³/mol. The van der Waals surface area contributed by atoms with Gasteiger partial charge in [0.05, 0.1) is 11.4 Å². The summed E-state index contributed by atoms with van der Waals surface area (Å²) in [6.07, 6.45) is 1.40. The zero-order valence-corrected chi connectivity index (χ0v) is 9.47. The number of amides is 1. The number of aromatic nitrogens is 3. The molecule has 7 heteroatoms. The average Bonchev–Trinajstić information content (AvgIpc) is 2.86. The van der Waals surface area contributed by atoms with Crippen molar-refractivity contribution in [3.63, 3.8) is 0 Å². The molecule has 2 rings (SSSR count). The highest BCUT2D eigenvalue weighted by Gasteiger charge is 2.10. The van der Waals surface area contributed by atoms with Gasteiger partial charge < -0.3 is 11.1 Å². The molecule has 2 heterocycles. The number of aryl methyl sites for hydroxylation is 1. The third-order valence-corrected chi connectivity index (χ3v) is 3.13. The van der Waals surface area contributed by atoms with Crippen LogP contribution in [0, 0.1) is 6.92 Å². The monoisotopic (exact) mass is 237 g/mol. The Balaban J connectivity index is 1.98. The van der Waals surface area contributed by atoms with Gasteiger partial charge >= 0.3 is 0 Å². The number of nitrogens with one attached hydrogen (secondary N) is 2. The molecular formula is C9H11N5OS. The molecule has 0 atom stereocenters. The molecule has 0 radical (unpaired) electrons. The number of thiophene rings is 1. The SMILES string of the molecule is Cc1sc(C(=O)NCc2ncn[nH]2)cc1N. The van der Waals surface area contributed by atoms with Gasteiger partial charge in [0.1, 0.15) is 12.2 Å². The van der Waals surface area contributed by atoms with E-state index in [-0.39, 0.29) is 5.91 Å². The molecule has 4 N–H and O–H groups in total. The van der Waals surface area contributed by atoms with Crippen molar-refractivity contribution in [2.45, 2.75) is 13.5 Å². The van der Waals surface area contributed by atoms with E-state index in [1.807, 2.05) is 6.92 Å². The van der Waals surface area contributed by atoms with E-state index < -0.39 is 0 Å². The van der Waals surface area contributed by atoms with Gasteiger partial charge in [-0.2, -0.15) is 5.10 Å². The minimum absolute atomic E-state index is 0.152. The molecule has 0 spiro atoms. The summed E-state index contributed by atoms with van der Waals surface area (Å²) in [6.45, 7) is 2.21. The fourth-order valence-electron chi connectivity index (χ4n) is 1.18. The molecule has 0 fully saturated rings. The van der Waals surface area contributed by atoms with Crippen molar-refractivity contribution in [2.24, 2.45) is 0 Å². The second kappa shape index (κ2) is 4.31. The van der Waals surface area contributed by atoms with Crippen LogP contribution < -0.4 is 11.1 Å². The van der Waals surface area contributed by atoms with Crippen LogP contribution in [0.4, 0.5) is 5.69 Å². The van der Waals surface area contributed by atoms with Gasteiger partial charge in [0.2, 0.25) is 0 Å². The number of rotatable bonds is 3. The summed E-state index contributed by atoms with van der Waals surface area (Å²) < 4.78 is 0. The minimum atomic E-state index is -0.152. The van der Waals surface area contributed by atoms with Gasteiger partial charge in [-0.25, -0.2) is 4.98 Å². The molecular weight excluding hydrogens is 226 g/mol. The number of carbonyl (C=O) groups excluding carboxylic acids is 1.